The second-order valence-corrected chi connectivity index (χ2v) is 8.44. The Balaban J connectivity index is 1.37. The van der Waals surface area contributed by atoms with Gasteiger partial charge in [0.1, 0.15) is 17.3 Å². The molecular weight excluding hydrogens is 480 g/mol. The van der Waals surface area contributed by atoms with Gasteiger partial charge in [0.15, 0.2) is 10.2 Å². The Morgan fingerprint density at radius 3 is 2.87 bits per heavy atom. The molecule has 0 aliphatic carbocycles. The Labute approximate surface area is 195 Å². The minimum absolute atomic E-state index is 0.0695. The minimum Gasteiger partial charge on any atom is -0.457 e. The molecule has 0 saturated heterocycles. The zero-order valence-corrected chi connectivity index (χ0v) is 18.6. The number of furan rings is 1. The molecule has 0 saturated carbocycles. The Morgan fingerprint density at radius 2 is 2.03 bits per heavy atom. The number of nitrogens with zero attached hydrogens (tertiary/aromatic N) is 1. The first-order valence-corrected chi connectivity index (χ1v) is 10.8. The first-order valence-electron chi connectivity index (χ1n) is 8.79. The summed E-state index contributed by atoms with van der Waals surface area (Å²) in [6.45, 7) is 0. The van der Waals surface area contributed by atoms with Crippen molar-refractivity contribution in [2.24, 2.45) is 0 Å². The van der Waals surface area contributed by atoms with E-state index >= 15 is 0 Å². The summed E-state index contributed by atoms with van der Waals surface area (Å²) in [6, 6.07) is 13.0. The van der Waals surface area contributed by atoms with Crippen LogP contribution in [0.15, 0.2) is 59.0 Å². The van der Waals surface area contributed by atoms with E-state index in [-0.39, 0.29) is 10.9 Å². The number of thiazole rings is 1. The Kier molecular flexibility index (Phi) is 6.33. The van der Waals surface area contributed by atoms with Crippen molar-refractivity contribution >= 4 is 79.2 Å². The van der Waals surface area contributed by atoms with Crippen LogP contribution in [0.5, 0.6) is 0 Å². The summed E-state index contributed by atoms with van der Waals surface area (Å²) in [5.41, 5.74) is 1.29. The average Bonchev–Trinajstić information content (AvgIpc) is 3.34. The van der Waals surface area contributed by atoms with Gasteiger partial charge in [-0.05, 0) is 60.8 Å². The van der Waals surface area contributed by atoms with Gasteiger partial charge in [0.25, 0.3) is 0 Å². The van der Waals surface area contributed by atoms with Crippen LogP contribution < -0.4 is 10.6 Å². The van der Waals surface area contributed by atoms with E-state index in [4.69, 9.17) is 39.8 Å². The lowest BCUT2D eigenvalue weighted by Crippen LogP contribution is -2.32. The fraction of sp³-hybridized carbons (Fsp3) is 0. The molecule has 5 nitrogen and oxygen atoms in total. The van der Waals surface area contributed by atoms with Crippen molar-refractivity contribution in [3.63, 3.8) is 0 Å². The average molecular weight is 492 g/mol. The Hall–Kier alpha value is -2.78. The van der Waals surface area contributed by atoms with Crippen LogP contribution in [-0.2, 0) is 4.79 Å². The normalized spacial score (nSPS) is 11.2. The Bertz CT molecular complexity index is 1330. The number of nitrogens with one attached hydrogen (secondary N) is 2. The van der Waals surface area contributed by atoms with Gasteiger partial charge in [0.05, 0.1) is 20.3 Å². The molecule has 2 aromatic carbocycles. The highest BCUT2D eigenvalue weighted by molar-refractivity contribution is 7.80. The van der Waals surface area contributed by atoms with Crippen LogP contribution in [0, 0.1) is 5.82 Å². The molecule has 1 amide bonds. The minimum atomic E-state index is -0.455. The number of amides is 1. The molecule has 2 aromatic heterocycles. The first-order chi connectivity index (χ1) is 14.9. The van der Waals surface area contributed by atoms with Crippen LogP contribution in [0.1, 0.15) is 5.76 Å². The number of fused-ring (bicyclic) bond motifs is 1. The molecule has 0 unspecified atom stereocenters. The standard InChI is InChI=1S/C21H12Cl2FN3O2S2/c22-14-3-1-2-13(19(14)23)16-8-5-12(29-16)6-9-18(28)26-20(30)27-21-25-15-7-4-11(24)10-17(15)31-21/h1-10H,(H2,25,26,27,28,30). The first kappa shape index (κ1) is 21.5. The third kappa shape index (κ3) is 5.11. The van der Waals surface area contributed by atoms with Crippen LogP contribution in [0.25, 0.3) is 27.6 Å². The third-order valence-electron chi connectivity index (χ3n) is 4.05. The highest BCUT2D eigenvalue weighted by Crippen LogP contribution is 2.34. The van der Waals surface area contributed by atoms with Crippen LogP contribution in [0.2, 0.25) is 10.0 Å². The summed E-state index contributed by atoms with van der Waals surface area (Å²) >= 11 is 18.6. The maximum absolute atomic E-state index is 13.3. The van der Waals surface area contributed by atoms with Crippen molar-refractivity contribution in [2.45, 2.75) is 0 Å². The van der Waals surface area contributed by atoms with Crippen molar-refractivity contribution in [2.75, 3.05) is 5.32 Å². The predicted octanol–water partition coefficient (Wildman–Crippen LogP) is 6.53. The fourth-order valence-electron chi connectivity index (χ4n) is 2.67. The molecule has 31 heavy (non-hydrogen) atoms. The zero-order valence-electron chi connectivity index (χ0n) is 15.5. The highest BCUT2D eigenvalue weighted by atomic mass is 35.5. The summed E-state index contributed by atoms with van der Waals surface area (Å²) in [7, 11) is 0. The summed E-state index contributed by atoms with van der Waals surface area (Å²) in [6.07, 6.45) is 2.78. The van der Waals surface area contributed by atoms with Crippen molar-refractivity contribution < 1.29 is 13.6 Å². The summed E-state index contributed by atoms with van der Waals surface area (Å²) in [5.74, 6) is 0.177. The van der Waals surface area contributed by atoms with E-state index < -0.39 is 5.91 Å². The van der Waals surface area contributed by atoms with E-state index in [0.29, 0.717) is 42.5 Å². The molecule has 4 rings (SSSR count). The molecule has 0 radical (unpaired) electrons. The molecular formula is C21H12Cl2FN3O2S2. The van der Waals surface area contributed by atoms with E-state index in [1.165, 1.54) is 35.6 Å². The van der Waals surface area contributed by atoms with Crippen LogP contribution >= 0.6 is 46.8 Å². The molecule has 2 N–H and O–H groups in total. The van der Waals surface area contributed by atoms with E-state index in [9.17, 15) is 9.18 Å². The maximum Gasteiger partial charge on any atom is 0.250 e. The van der Waals surface area contributed by atoms with Crippen molar-refractivity contribution in [3.8, 4) is 11.3 Å². The Morgan fingerprint density at radius 1 is 1.19 bits per heavy atom. The van der Waals surface area contributed by atoms with Gasteiger partial charge in [0, 0.05) is 11.6 Å². The highest BCUT2D eigenvalue weighted by Gasteiger charge is 2.11. The lowest BCUT2D eigenvalue weighted by Gasteiger charge is -2.04. The second kappa shape index (κ2) is 9.15. The molecule has 2 heterocycles. The number of carbonyl (C=O) groups excluding carboxylic acids is 1. The largest absolute Gasteiger partial charge is 0.457 e. The van der Waals surface area contributed by atoms with E-state index in [2.05, 4.69) is 15.6 Å². The van der Waals surface area contributed by atoms with E-state index in [0.717, 1.165) is 0 Å². The van der Waals surface area contributed by atoms with Gasteiger partial charge >= 0.3 is 0 Å². The van der Waals surface area contributed by atoms with Crippen molar-refractivity contribution in [1.82, 2.24) is 10.3 Å². The number of benzene rings is 2. The quantitative estimate of drug-likeness (QED) is 0.251. The van der Waals surface area contributed by atoms with Crippen LogP contribution in [-0.4, -0.2) is 16.0 Å². The third-order valence-corrected chi connectivity index (χ3v) is 6.01. The number of hydrogen-bond donors (Lipinski definition) is 2. The van der Waals surface area contributed by atoms with E-state index in [1.807, 2.05) is 0 Å². The monoisotopic (exact) mass is 491 g/mol. The summed E-state index contributed by atoms with van der Waals surface area (Å²) < 4.78 is 19.7. The number of carbonyl (C=O) groups is 1. The van der Waals surface area contributed by atoms with Gasteiger partial charge < -0.3 is 9.73 Å². The molecule has 10 heteroatoms. The number of aromatic nitrogens is 1. The fourth-order valence-corrected chi connectivity index (χ4v) is 4.22. The molecule has 0 bridgehead atoms. The van der Waals surface area contributed by atoms with Gasteiger partial charge in [-0.2, -0.15) is 0 Å². The molecule has 156 valence electrons. The number of anilines is 1. The predicted molar refractivity (Wildman–Crippen MR) is 127 cm³/mol. The summed E-state index contributed by atoms with van der Waals surface area (Å²) in [4.78, 5) is 16.4. The molecule has 0 aliphatic rings. The van der Waals surface area contributed by atoms with Gasteiger partial charge in [-0.3, -0.25) is 10.1 Å². The molecule has 0 atom stereocenters. The number of halogens is 3. The second-order valence-electron chi connectivity index (χ2n) is 6.21. The van der Waals surface area contributed by atoms with Gasteiger partial charge in [-0.15, -0.1) is 0 Å². The smallest absolute Gasteiger partial charge is 0.250 e. The van der Waals surface area contributed by atoms with E-state index in [1.54, 1.807) is 36.4 Å². The van der Waals surface area contributed by atoms with Gasteiger partial charge in [0.2, 0.25) is 5.91 Å². The van der Waals surface area contributed by atoms with Gasteiger partial charge in [-0.1, -0.05) is 40.6 Å². The van der Waals surface area contributed by atoms with Gasteiger partial charge in [-0.25, -0.2) is 9.37 Å². The van der Waals surface area contributed by atoms with Crippen molar-refractivity contribution in [3.05, 3.63) is 76.2 Å². The molecule has 4 aromatic rings. The lowest BCUT2D eigenvalue weighted by molar-refractivity contribution is -0.115. The molecule has 0 fully saturated rings. The number of hydrogen-bond acceptors (Lipinski definition) is 5. The topological polar surface area (TPSA) is 67.2 Å². The number of rotatable bonds is 4. The maximum atomic E-state index is 13.3. The van der Waals surface area contributed by atoms with Crippen LogP contribution in [0.4, 0.5) is 9.52 Å². The summed E-state index contributed by atoms with van der Waals surface area (Å²) in [5, 5.41) is 6.66. The number of thiocarbonyl (C=S) groups is 1. The lowest BCUT2D eigenvalue weighted by atomic mass is 10.2. The molecule has 0 spiro atoms. The van der Waals surface area contributed by atoms with Crippen LogP contribution in [0.3, 0.4) is 0 Å². The molecule has 0 aliphatic heterocycles. The zero-order chi connectivity index (χ0) is 22.0. The SMILES string of the molecule is O=C(C=Cc1ccc(-c2cccc(Cl)c2Cl)o1)NC(=S)Nc1nc2ccc(F)cc2s1. The van der Waals surface area contributed by atoms with Crippen molar-refractivity contribution in [1.29, 1.82) is 0 Å².